The number of hydrogen-bond acceptors (Lipinski definition) is 6. The first-order valence-electron chi connectivity index (χ1n) is 5.34. The standard InChI is InChI=1S/C12H12N2O2S2/c1-2-16-11(15)9-7-8(3-4-10(9)13)18-12-14-5-6-17-12/h3-7H,2,13H2,1H3. The number of carbonyl (C=O) groups excluding carboxylic acids is 1. The molecular weight excluding hydrogens is 268 g/mol. The van der Waals surface area contributed by atoms with Crippen LogP contribution in [0.3, 0.4) is 0 Å². The van der Waals surface area contributed by atoms with Crippen LogP contribution in [0.15, 0.2) is 39.0 Å². The summed E-state index contributed by atoms with van der Waals surface area (Å²) in [6.07, 6.45) is 1.75. The van der Waals surface area contributed by atoms with Crippen LogP contribution in [-0.2, 0) is 4.74 Å². The quantitative estimate of drug-likeness (QED) is 0.688. The van der Waals surface area contributed by atoms with Crippen LogP contribution in [0.1, 0.15) is 17.3 Å². The Morgan fingerprint density at radius 1 is 1.56 bits per heavy atom. The van der Waals surface area contributed by atoms with Gasteiger partial charge in [-0.25, -0.2) is 9.78 Å². The van der Waals surface area contributed by atoms with E-state index in [0.29, 0.717) is 17.9 Å². The summed E-state index contributed by atoms with van der Waals surface area (Å²) in [5.74, 6) is -0.392. The molecule has 0 aliphatic rings. The summed E-state index contributed by atoms with van der Waals surface area (Å²) in [7, 11) is 0. The predicted octanol–water partition coefficient (Wildman–Crippen LogP) is 3.05. The first kappa shape index (κ1) is 12.9. The van der Waals surface area contributed by atoms with Crippen LogP contribution in [0, 0.1) is 0 Å². The minimum absolute atomic E-state index is 0.335. The minimum atomic E-state index is -0.392. The molecule has 0 radical (unpaired) electrons. The zero-order valence-electron chi connectivity index (χ0n) is 9.75. The molecule has 0 amide bonds. The number of thiazole rings is 1. The smallest absolute Gasteiger partial charge is 0.340 e. The van der Waals surface area contributed by atoms with Crippen molar-refractivity contribution in [1.82, 2.24) is 4.98 Å². The van der Waals surface area contributed by atoms with Gasteiger partial charge in [0, 0.05) is 22.2 Å². The molecular formula is C12H12N2O2S2. The van der Waals surface area contributed by atoms with E-state index in [-0.39, 0.29) is 0 Å². The molecule has 2 rings (SSSR count). The predicted molar refractivity (Wildman–Crippen MR) is 73.0 cm³/mol. The summed E-state index contributed by atoms with van der Waals surface area (Å²) in [4.78, 5) is 16.8. The Labute approximate surface area is 113 Å². The lowest BCUT2D eigenvalue weighted by Crippen LogP contribution is -2.07. The third-order valence-corrected chi connectivity index (χ3v) is 4.01. The fourth-order valence-corrected chi connectivity index (χ4v) is 2.98. The molecule has 1 aromatic carbocycles. The number of ether oxygens (including phenoxy) is 1. The molecule has 18 heavy (non-hydrogen) atoms. The monoisotopic (exact) mass is 280 g/mol. The highest BCUT2D eigenvalue weighted by Crippen LogP contribution is 2.31. The van der Waals surface area contributed by atoms with E-state index in [9.17, 15) is 4.79 Å². The molecule has 1 heterocycles. The van der Waals surface area contributed by atoms with Gasteiger partial charge in [-0.1, -0.05) is 11.8 Å². The summed E-state index contributed by atoms with van der Waals surface area (Å²) in [6.45, 7) is 2.10. The number of nitrogens with two attached hydrogens (primary N) is 1. The summed E-state index contributed by atoms with van der Waals surface area (Å²) in [5.41, 5.74) is 6.60. The summed E-state index contributed by atoms with van der Waals surface area (Å²) in [6, 6.07) is 5.31. The van der Waals surface area contributed by atoms with Crippen LogP contribution in [-0.4, -0.2) is 17.6 Å². The number of nitrogen functional groups attached to an aromatic ring is 1. The molecule has 0 bridgehead atoms. The second-order valence-electron chi connectivity index (χ2n) is 3.37. The van der Waals surface area contributed by atoms with E-state index in [1.165, 1.54) is 11.8 Å². The van der Waals surface area contributed by atoms with E-state index in [1.807, 2.05) is 11.4 Å². The van der Waals surface area contributed by atoms with Crippen molar-refractivity contribution in [3.05, 3.63) is 35.3 Å². The van der Waals surface area contributed by atoms with E-state index < -0.39 is 5.97 Å². The lowest BCUT2D eigenvalue weighted by atomic mass is 10.2. The lowest BCUT2D eigenvalue weighted by Gasteiger charge is -2.06. The van der Waals surface area contributed by atoms with Gasteiger partial charge in [-0.05, 0) is 25.1 Å². The Morgan fingerprint density at radius 2 is 2.39 bits per heavy atom. The number of carbonyl (C=O) groups is 1. The Morgan fingerprint density at radius 3 is 3.06 bits per heavy atom. The topological polar surface area (TPSA) is 65.2 Å². The molecule has 0 fully saturated rings. The zero-order valence-corrected chi connectivity index (χ0v) is 11.4. The summed E-state index contributed by atoms with van der Waals surface area (Å²) < 4.78 is 5.88. The van der Waals surface area contributed by atoms with Crippen molar-refractivity contribution >= 4 is 34.8 Å². The third-order valence-electron chi connectivity index (χ3n) is 2.13. The molecule has 2 N–H and O–H groups in total. The molecule has 2 aromatic rings. The van der Waals surface area contributed by atoms with Gasteiger partial charge in [-0.3, -0.25) is 0 Å². The maximum absolute atomic E-state index is 11.7. The highest BCUT2D eigenvalue weighted by Gasteiger charge is 2.12. The fourth-order valence-electron chi connectivity index (χ4n) is 1.35. The Balaban J connectivity index is 2.23. The maximum atomic E-state index is 11.7. The van der Waals surface area contributed by atoms with Crippen LogP contribution in [0.2, 0.25) is 0 Å². The Kier molecular flexibility index (Phi) is 4.22. The van der Waals surface area contributed by atoms with Crippen LogP contribution in [0.4, 0.5) is 5.69 Å². The average molecular weight is 280 g/mol. The highest BCUT2D eigenvalue weighted by atomic mass is 32.2. The van der Waals surface area contributed by atoms with Gasteiger partial charge in [-0.2, -0.15) is 0 Å². The van der Waals surface area contributed by atoms with Gasteiger partial charge >= 0.3 is 5.97 Å². The van der Waals surface area contributed by atoms with Crippen LogP contribution in [0.5, 0.6) is 0 Å². The summed E-state index contributed by atoms with van der Waals surface area (Å²) in [5, 5.41) is 1.91. The molecule has 0 unspecified atom stereocenters. The molecule has 0 saturated carbocycles. The van der Waals surface area contributed by atoms with E-state index >= 15 is 0 Å². The van der Waals surface area contributed by atoms with Crippen molar-refractivity contribution in [3.63, 3.8) is 0 Å². The van der Waals surface area contributed by atoms with Gasteiger partial charge < -0.3 is 10.5 Å². The van der Waals surface area contributed by atoms with Crippen molar-refractivity contribution in [2.45, 2.75) is 16.2 Å². The Bertz CT molecular complexity index is 541. The van der Waals surface area contributed by atoms with Gasteiger partial charge in [-0.15, -0.1) is 11.3 Å². The third kappa shape index (κ3) is 3.02. The normalized spacial score (nSPS) is 10.3. The van der Waals surface area contributed by atoms with Gasteiger partial charge in [0.05, 0.1) is 12.2 Å². The van der Waals surface area contributed by atoms with Gasteiger partial charge in [0.2, 0.25) is 0 Å². The van der Waals surface area contributed by atoms with Crippen molar-refractivity contribution in [2.75, 3.05) is 12.3 Å². The average Bonchev–Trinajstić information content (AvgIpc) is 2.84. The number of benzene rings is 1. The molecule has 0 aliphatic carbocycles. The molecule has 0 atom stereocenters. The highest BCUT2D eigenvalue weighted by molar-refractivity contribution is 8.01. The molecule has 94 valence electrons. The van der Waals surface area contributed by atoms with Crippen LogP contribution < -0.4 is 5.73 Å². The largest absolute Gasteiger partial charge is 0.462 e. The van der Waals surface area contributed by atoms with Crippen molar-refractivity contribution < 1.29 is 9.53 Å². The second kappa shape index (κ2) is 5.88. The van der Waals surface area contributed by atoms with E-state index in [2.05, 4.69) is 4.98 Å². The maximum Gasteiger partial charge on any atom is 0.340 e. The lowest BCUT2D eigenvalue weighted by molar-refractivity contribution is 0.0527. The van der Waals surface area contributed by atoms with Crippen molar-refractivity contribution in [1.29, 1.82) is 0 Å². The molecule has 6 heteroatoms. The molecule has 0 aliphatic heterocycles. The minimum Gasteiger partial charge on any atom is -0.462 e. The first-order valence-corrected chi connectivity index (χ1v) is 7.04. The molecule has 4 nitrogen and oxygen atoms in total. The molecule has 1 aromatic heterocycles. The number of rotatable bonds is 4. The van der Waals surface area contributed by atoms with Gasteiger partial charge in [0.1, 0.15) is 0 Å². The number of anilines is 1. The molecule has 0 spiro atoms. The SMILES string of the molecule is CCOC(=O)c1cc(Sc2nccs2)ccc1N. The van der Waals surface area contributed by atoms with Gasteiger partial charge in [0.15, 0.2) is 4.34 Å². The first-order chi connectivity index (χ1) is 8.70. The van der Waals surface area contributed by atoms with E-state index in [1.54, 1.807) is 36.6 Å². The number of nitrogens with zero attached hydrogens (tertiary/aromatic N) is 1. The number of aromatic nitrogens is 1. The van der Waals surface area contributed by atoms with Gasteiger partial charge in [0.25, 0.3) is 0 Å². The van der Waals surface area contributed by atoms with Crippen LogP contribution in [0.25, 0.3) is 0 Å². The zero-order chi connectivity index (χ0) is 13.0. The number of hydrogen-bond donors (Lipinski definition) is 1. The fraction of sp³-hybridized carbons (Fsp3) is 0.167. The Hall–Kier alpha value is -1.53. The second-order valence-corrected chi connectivity index (χ2v) is 5.58. The number of esters is 1. The van der Waals surface area contributed by atoms with Crippen molar-refractivity contribution in [3.8, 4) is 0 Å². The van der Waals surface area contributed by atoms with Crippen LogP contribution >= 0.6 is 23.1 Å². The van der Waals surface area contributed by atoms with E-state index in [0.717, 1.165) is 9.24 Å². The summed E-state index contributed by atoms with van der Waals surface area (Å²) >= 11 is 3.05. The van der Waals surface area contributed by atoms with Crippen molar-refractivity contribution in [2.24, 2.45) is 0 Å². The van der Waals surface area contributed by atoms with E-state index in [4.69, 9.17) is 10.5 Å². The molecule has 0 saturated heterocycles.